The Labute approximate surface area is 187 Å². The Morgan fingerprint density at radius 2 is 1.66 bits per heavy atom. The third-order valence-electron chi connectivity index (χ3n) is 5.38. The molecule has 8 heteroatoms. The highest BCUT2D eigenvalue weighted by atomic mass is 35.5. The number of aliphatic hydroxyl groups excluding tert-OH is 1. The predicted molar refractivity (Wildman–Crippen MR) is 115 cm³/mol. The Kier molecular flexibility index (Phi) is 4.83. The topological polar surface area (TPSA) is 76.1 Å². The summed E-state index contributed by atoms with van der Waals surface area (Å²) in [6.07, 6.45) is 0. The van der Waals surface area contributed by atoms with Crippen LogP contribution in [0.15, 0.2) is 72.3 Å². The molecule has 3 aromatic carbocycles. The van der Waals surface area contributed by atoms with Crippen LogP contribution in [-0.4, -0.2) is 23.6 Å². The number of nitrogens with zero attached hydrogens (tertiary/aromatic N) is 1. The fourth-order valence-corrected chi connectivity index (χ4v) is 3.99. The summed E-state index contributed by atoms with van der Waals surface area (Å²) in [5, 5.41) is 11.6. The monoisotopic (exact) mass is 451 g/mol. The lowest BCUT2D eigenvalue weighted by atomic mass is 9.95. The van der Waals surface area contributed by atoms with E-state index in [1.807, 2.05) is 0 Å². The molecule has 1 unspecified atom stereocenters. The summed E-state index contributed by atoms with van der Waals surface area (Å²) in [6, 6.07) is 15.6. The van der Waals surface area contributed by atoms with Gasteiger partial charge in [0.15, 0.2) is 11.5 Å². The number of aliphatic hydroxyl groups is 1. The number of ketones is 1. The van der Waals surface area contributed by atoms with Gasteiger partial charge in [-0.15, -0.1) is 0 Å². The maximum absolute atomic E-state index is 13.5. The van der Waals surface area contributed by atoms with Gasteiger partial charge in [-0.05, 0) is 60.2 Å². The van der Waals surface area contributed by atoms with Gasteiger partial charge >= 0.3 is 0 Å². The third-order valence-corrected chi connectivity index (χ3v) is 5.63. The van der Waals surface area contributed by atoms with Crippen molar-refractivity contribution in [1.29, 1.82) is 0 Å². The summed E-state index contributed by atoms with van der Waals surface area (Å²) < 4.78 is 24.1. The summed E-state index contributed by atoms with van der Waals surface area (Å²) in [5.74, 6) is -1.59. The van der Waals surface area contributed by atoms with Crippen molar-refractivity contribution >= 4 is 34.7 Å². The average Bonchev–Trinajstić information content (AvgIpc) is 3.37. The van der Waals surface area contributed by atoms with Crippen molar-refractivity contribution in [1.82, 2.24) is 0 Å². The number of hydrogen-bond donors (Lipinski definition) is 1. The standard InChI is InChI=1S/C24H15ClFNO5/c25-15-4-1-13(2-5-15)21-20(22(28)14-3-10-18-19(11-14)32-12-31-18)23(29)24(30)27(21)17-8-6-16(26)7-9-17/h1-11,21,28H,12H2/b22-20-. The molecule has 2 aliphatic heterocycles. The molecule has 0 spiro atoms. The largest absolute Gasteiger partial charge is 0.507 e. The van der Waals surface area contributed by atoms with Gasteiger partial charge in [0, 0.05) is 16.3 Å². The first-order valence-corrected chi connectivity index (χ1v) is 10.0. The molecule has 160 valence electrons. The Bertz CT molecular complexity index is 1270. The zero-order valence-electron chi connectivity index (χ0n) is 16.4. The number of carbonyl (C=O) groups excluding carboxylic acids is 2. The molecule has 2 aliphatic rings. The molecule has 1 amide bonds. The first-order valence-electron chi connectivity index (χ1n) is 9.66. The van der Waals surface area contributed by atoms with Crippen molar-refractivity contribution in [3.05, 3.63) is 94.3 Å². The molecular formula is C24H15ClFNO5. The van der Waals surface area contributed by atoms with E-state index in [1.165, 1.54) is 29.2 Å². The molecule has 6 nitrogen and oxygen atoms in total. The van der Waals surface area contributed by atoms with E-state index in [4.69, 9.17) is 21.1 Å². The third kappa shape index (κ3) is 3.27. The van der Waals surface area contributed by atoms with Crippen molar-refractivity contribution < 1.29 is 28.6 Å². The maximum atomic E-state index is 13.5. The van der Waals surface area contributed by atoms with Gasteiger partial charge in [0.1, 0.15) is 11.6 Å². The van der Waals surface area contributed by atoms with Gasteiger partial charge in [0.2, 0.25) is 6.79 Å². The van der Waals surface area contributed by atoms with E-state index in [0.717, 1.165) is 0 Å². The van der Waals surface area contributed by atoms with Crippen molar-refractivity contribution in [3.63, 3.8) is 0 Å². The summed E-state index contributed by atoms with van der Waals surface area (Å²) in [7, 11) is 0. The van der Waals surface area contributed by atoms with Gasteiger partial charge in [-0.25, -0.2) is 4.39 Å². The van der Waals surface area contributed by atoms with Crippen LogP contribution in [0.3, 0.4) is 0 Å². The predicted octanol–water partition coefficient (Wildman–Crippen LogP) is 4.83. The molecule has 1 saturated heterocycles. The highest BCUT2D eigenvalue weighted by molar-refractivity contribution is 6.51. The van der Waals surface area contributed by atoms with E-state index in [-0.39, 0.29) is 18.1 Å². The van der Waals surface area contributed by atoms with Crippen LogP contribution in [0.25, 0.3) is 5.76 Å². The molecule has 1 atom stereocenters. The van der Waals surface area contributed by atoms with Gasteiger partial charge in [-0.3, -0.25) is 14.5 Å². The summed E-state index contributed by atoms with van der Waals surface area (Å²) >= 11 is 6.02. The molecule has 0 bridgehead atoms. The molecule has 0 aliphatic carbocycles. The number of amides is 1. The quantitative estimate of drug-likeness (QED) is 0.350. The zero-order valence-corrected chi connectivity index (χ0v) is 17.2. The smallest absolute Gasteiger partial charge is 0.300 e. The Balaban J connectivity index is 1.70. The lowest BCUT2D eigenvalue weighted by Crippen LogP contribution is -2.29. The van der Waals surface area contributed by atoms with Crippen LogP contribution >= 0.6 is 11.6 Å². The molecule has 3 aromatic rings. The highest BCUT2D eigenvalue weighted by Gasteiger charge is 2.47. The van der Waals surface area contributed by atoms with E-state index in [9.17, 15) is 19.1 Å². The SMILES string of the molecule is O=C1C(=O)N(c2ccc(F)cc2)C(c2ccc(Cl)cc2)/C1=C(/O)c1ccc2c(c1)OCO2. The number of hydrogen-bond acceptors (Lipinski definition) is 5. The first-order chi connectivity index (χ1) is 15.4. The van der Waals surface area contributed by atoms with Crippen LogP contribution in [-0.2, 0) is 9.59 Å². The first kappa shape index (κ1) is 20.1. The second-order valence-corrected chi connectivity index (χ2v) is 7.70. The van der Waals surface area contributed by atoms with E-state index in [1.54, 1.807) is 42.5 Å². The number of benzene rings is 3. The second kappa shape index (κ2) is 7.69. The number of fused-ring (bicyclic) bond motifs is 1. The number of carbonyl (C=O) groups is 2. The highest BCUT2D eigenvalue weighted by Crippen LogP contribution is 2.43. The fourth-order valence-electron chi connectivity index (χ4n) is 3.86. The Morgan fingerprint density at radius 1 is 0.969 bits per heavy atom. The van der Waals surface area contributed by atoms with Crippen LogP contribution in [0.5, 0.6) is 11.5 Å². The number of Topliss-reactive ketones (excluding diaryl/α,β-unsaturated/α-hetero) is 1. The van der Waals surface area contributed by atoms with Crippen LogP contribution in [0.4, 0.5) is 10.1 Å². The van der Waals surface area contributed by atoms with Crippen molar-refractivity contribution in [2.24, 2.45) is 0 Å². The maximum Gasteiger partial charge on any atom is 0.300 e. The minimum atomic E-state index is -0.942. The molecule has 0 aromatic heterocycles. The summed E-state index contributed by atoms with van der Waals surface area (Å²) in [5.41, 5.74) is 1.07. The van der Waals surface area contributed by atoms with Gasteiger partial charge < -0.3 is 14.6 Å². The van der Waals surface area contributed by atoms with Crippen molar-refractivity contribution in [2.45, 2.75) is 6.04 Å². The van der Waals surface area contributed by atoms with Crippen LogP contribution in [0.1, 0.15) is 17.2 Å². The molecule has 5 rings (SSSR count). The molecule has 1 N–H and O–H groups in total. The van der Waals surface area contributed by atoms with Gasteiger partial charge in [0.05, 0.1) is 11.6 Å². The Hall–Kier alpha value is -3.84. The van der Waals surface area contributed by atoms with Crippen LogP contribution in [0, 0.1) is 5.82 Å². The lowest BCUT2D eigenvalue weighted by Gasteiger charge is -2.25. The van der Waals surface area contributed by atoms with Gasteiger partial charge in [-0.1, -0.05) is 23.7 Å². The molecule has 0 radical (unpaired) electrons. The van der Waals surface area contributed by atoms with Crippen LogP contribution in [0.2, 0.25) is 5.02 Å². The molecule has 2 heterocycles. The minimum absolute atomic E-state index is 0.0548. The number of anilines is 1. The van der Waals surface area contributed by atoms with E-state index in [2.05, 4.69) is 0 Å². The number of rotatable bonds is 3. The van der Waals surface area contributed by atoms with Gasteiger partial charge in [-0.2, -0.15) is 0 Å². The fraction of sp³-hybridized carbons (Fsp3) is 0.0833. The molecule has 1 fully saturated rings. The van der Waals surface area contributed by atoms with Crippen molar-refractivity contribution in [2.75, 3.05) is 11.7 Å². The summed E-state index contributed by atoms with van der Waals surface area (Å²) in [4.78, 5) is 27.4. The number of halogens is 2. The molecule has 0 saturated carbocycles. The average molecular weight is 452 g/mol. The Morgan fingerprint density at radius 3 is 2.38 bits per heavy atom. The van der Waals surface area contributed by atoms with E-state index in [0.29, 0.717) is 33.3 Å². The zero-order chi connectivity index (χ0) is 22.4. The molecule has 32 heavy (non-hydrogen) atoms. The van der Waals surface area contributed by atoms with E-state index >= 15 is 0 Å². The normalized spacial score (nSPS) is 18.9. The van der Waals surface area contributed by atoms with Gasteiger partial charge in [0.25, 0.3) is 11.7 Å². The van der Waals surface area contributed by atoms with Crippen molar-refractivity contribution in [3.8, 4) is 11.5 Å². The second-order valence-electron chi connectivity index (χ2n) is 7.27. The lowest BCUT2D eigenvalue weighted by molar-refractivity contribution is -0.132. The van der Waals surface area contributed by atoms with Crippen LogP contribution < -0.4 is 14.4 Å². The minimum Gasteiger partial charge on any atom is -0.507 e. The number of ether oxygens (including phenoxy) is 2. The van der Waals surface area contributed by atoms with E-state index < -0.39 is 23.5 Å². The molecular weight excluding hydrogens is 437 g/mol. The summed E-state index contributed by atoms with van der Waals surface area (Å²) in [6.45, 7) is 0.0548.